The topological polar surface area (TPSA) is 129 Å². The molecule has 193 valence electrons. The molecule has 4 aromatic carbocycles. The van der Waals surface area contributed by atoms with E-state index in [9.17, 15) is 25.5 Å². The van der Waals surface area contributed by atoms with Crippen molar-refractivity contribution in [1.82, 2.24) is 0 Å². The summed E-state index contributed by atoms with van der Waals surface area (Å²) < 4.78 is 16.8. The Balaban J connectivity index is 1.67. The first kappa shape index (κ1) is 24.7. The number of phenolic OH excluding ortho intramolecular Hbond substituents is 4. The van der Waals surface area contributed by atoms with Crippen LogP contribution in [0, 0.1) is 0 Å². The zero-order chi connectivity index (χ0) is 27.0. The van der Waals surface area contributed by atoms with Gasteiger partial charge in [0.2, 0.25) is 0 Å². The summed E-state index contributed by atoms with van der Waals surface area (Å²) in [5, 5.41) is 53.2. The molecule has 0 spiro atoms. The van der Waals surface area contributed by atoms with Gasteiger partial charge in [-0.05, 0) is 64.7 Å². The van der Waals surface area contributed by atoms with Crippen LogP contribution in [0.25, 0.3) is 12.2 Å². The average Bonchev–Trinajstić information content (AvgIpc) is 3.27. The molecule has 0 amide bonds. The van der Waals surface area contributed by atoms with E-state index in [1.165, 1.54) is 56.7 Å². The third kappa shape index (κ3) is 4.59. The number of aromatic hydroxyl groups is 4. The Morgan fingerprint density at radius 2 is 1.39 bits per heavy atom. The normalized spacial score (nSPS) is 16.3. The second-order valence-electron chi connectivity index (χ2n) is 8.92. The molecule has 0 saturated carbocycles. The number of hydrogen-bond donors (Lipinski definition) is 4. The number of benzene rings is 4. The molecule has 0 saturated heterocycles. The Labute approximate surface area is 218 Å². The third-order valence-electron chi connectivity index (χ3n) is 6.49. The molecule has 4 aromatic rings. The summed E-state index contributed by atoms with van der Waals surface area (Å²) in [6.45, 7) is 0. The van der Waals surface area contributed by atoms with Gasteiger partial charge in [0.15, 0.2) is 28.7 Å². The van der Waals surface area contributed by atoms with Crippen LogP contribution in [0.2, 0.25) is 0 Å². The fraction of sp³-hybridized carbons (Fsp3) is 0.133. The highest BCUT2D eigenvalue weighted by Crippen LogP contribution is 2.54. The lowest BCUT2D eigenvalue weighted by Gasteiger charge is -2.22. The van der Waals surface area contributed by atoms with E-state index in [-0.39, 0.29) is 34.5 Å². The van der Waals surface area contributed by atoms with E-state index in [4.69, 9.17) is 14.2 Å². The Bertz CT molecular complexity index is 1520. The van der Waals surface area contributed by atoms with Gasteiger partial charge in [-0.15, -0.1) is 0 Å². The summed E-state index contributed by atoms with van der Waals surface area (Å²) in [5.41, 5.74) is 3.23. The first-order chi connectivity index (χ1) is 18.3. The number of fused-ring (bicyclic) bond motifs is 1. The number of rotatable bonds is 6. The molecular weight excluding hydrogens is 488 g/mol. The lowest BCUT2D eigenvalue weighted by atomic mass is 9.82. The van der Waals surface area contributed by atoms with Crippen molar-refractivity contribution in [2.45, 2.75) is 12.0 Å². The number of ether oxygens (including phenoxy) is 3. The van der Waals surface area contributed by atoms with Gasteiger partial charge in [-0.2, -0.15) is 0 Å². The van der Waals surface area contributed by atoms with Gasteiger partial charge in [0.05, 0.1) is 20.1 Å². The summed E-state index contributed by atoms with van der Waals surface area (Å²) in [7, 11) is 2.90. The van der Waals surface area contributed by atoms with E-state index in [2.05, 4.69) is 0 Å². The highest BCUT2D eigenvalue weighted by atomic mass is 16.5. The van der Waals surface area contributed by atoms with Crippen LogP contribution < -0.4 is 14.2 Å². The smallest absolute Gasteiger partial charge is 0.182 e. The predicted octanol–water partition coefficient (Wildman–Crippen LogP) is 6.11. The molecule has 0 bridgehead atoms. The fourth-order valence-electron chi connectivity index (χ4n) is 4.80. The maximum absolute atomic E-state index is 12.6. The number of phenols is 4. The number of hydrogen-bond acceptors (Lipinski definition) is 7. The van der Waals surface area contributed by atoms with Crippen molar-refractivity contribution >= 4 is 12.2 Å². The van der Waals surface area contributed by atoms with E-state index in [0.717, 1.165) is 5.56 Å². The molecule has 38 heavy (non-hydrogen) atoms. The van der Waals surface area contributed by atoms with E-state index >= 15 is 0 Å². The molecule has 2 atom stereocenters. The summed E-state index contributed by atoms with van der Waals surface area (Å²) in [4.78, 5) is 0. The van der Waals surface area contributed by atoms with Crippen molar-refractivity contribution in [1.29, 1.82) is 0 Å². The van der Waals surface area contributed by atoms with Gasteiger partial charge in [0.1, 0.15) is 23.4 Å². The quantitative estimate of drug-likeness (QED) is 0.229. The van der Waals surface area contributed by atoms with Gasteiger partial charge in [-0.3, -0.25) is 5.11 Å². The minimum Gasteiger partial charge on any atom is -0.508 e. The SMILES string of the molecule is COc1cc(/C=C/c2cc([O])cc3c2[C@@H](c2cc(O)cc(O)c2)[C@H](c2ccc(O)c(OC)c2)O3)ccc1O. The van der Waals surface area contributed by atoms with Gasteiger partial charge in [0.25, 0.3) is 0 Å². The van der Waals surface area contributed by atoms with Crippen molar-refractivity contribution in [3.63, 3.8) is 0 Å². The Morgan fingerprint density at radius 1 is 0.737 bits per heavy atom. The summed E-state index contributed by atoms with van der Waals surface area (Å²) in [6.07, 6.45) is 2.89. The molecule has 8 nitrogen and oxygen atoms in total. The standard InChI is InChI=1S/C30H25O8/c1-36-25-9-16(4-7-23(25)34)3-5-17-10-22(33)15-27-28(17)29(19-11-20(31)14-21(32)12-19)30(38-27)18-6-8-24(35)26(13-18)37-2/h3-15,29-32,34-35H,1-2H3/b5-3+/t29-,30+/m1/s1. The largest absolute Gasteiger partial charge is 0.508 e. The van der Waals surface area contributed by atoms with E-state index in [0.29, 0.717) is 33.8 Å². The predicted molar refractivity (Wildman–Crippen MR) is 140 cm³/mol. The molecule has 1 aliphatic rings. The number of methoxy groups -OCH3 is 2. The van der Waals surface area contributed by atoms with Crippen LogP contribution in [0.4, 0.5) is 0 Å². The molecule has 0 aromatic heterocycles. The first-order valence-corrected chi connectivity index (χ1v) is 11.7. The minimum absolute atomic E-state index is 0.0106. The van der Waals surface area contributed by atoms with Gasteiger partial charge < -0.3 is 34.6 Å². The molecule has 1 heterocycles. The van der Waals surface area contributed by atoms with Crippen molar-refractivity contribution in [3.05, 3.63) is 94.5 Å². The first-order valence-electron chi connectivity index (χ1n) is 11.7. The summed E-state index contributed by atoms with van der Waals surface area (Å²) >= 11 is 0. The summed E-state index contributed by atoms with van der Waals surface area (Å²) in [5.74, 6) is -0.124. The van der Waals surface area contributed by atoms with Crippen LogP contribution in [0.1, 0.15) is 39.8 Å². The highest BCUT2D eigenvalue weighted by Gasteiger charge is 2.39. The second kappa shape index (κ2) is 9.82. The molecule has 0 unspecified atom stereocenters. The lowest BCUT2D eigenvalue weighted by molar-refractivity contribution is 0.220. The zero-order valence-corrected chi connectivity index (χ0v) is 20.6. The van der Waals surface area contributed by atoms with Crippen LogP contribution in [0.15, 0.2) is 66.7 Å². The van der Waals surface area contributed by atoms with E-state index < -0.39 is 12.0 Å². The van der Waals surface area contributed by atoms with E-state index in [1.807, 2.05) is 0 Å². The van der Waals surface area contributed by atoms with Gasteiger partial charge in [-0.25, -0.2) is 0 Å². The van der Waals surface area contributed by atoms with Crippen LogP contribution in [0.3, 0.4) is 0 Å². The average molecular weight is 514 g/mol. The summed E-state index contributed by atoms with van der Waals surface area (Å²) in [6, 6.07) is 16.9. The molecule has 1 aliphatic heterocycles. The molecule has 1 radical (unpaired) electrons. The van der Waals surface area contributed by atoms with Gasteiger partial charge >= 0.3 is 0 Å². The molecule has 0 fully saturated rings. The fourth-order valence-corrected chi connectivity index (χ4v) is 4.80. The van der Waals surface area contributed by atoms with Gasteiger partial charge in [0, 0.05) is 17.7 Å². The maximum atomic E-state index is 12.6. The Morgan fingerprint density at radius 3 is 2.08 bits per heavy atom. The minimum atomic E-state index is -0.664. The van der Waals surface area contributed by atoms with Gasteiger partial charge in [-0.1, -0.05) is 24.3 Å². The Hall–Kier alpha value is -4.98. The van der Waals surface area contributed by atoms with Crippen LogP contribution in [0.5, 0.6) is 46.0 Å². The second-order valence-corrected chi connectivity index (χ2v) is 8.92. The lowest BCUT2D eigenvalue weighted by Crippen LogP contribution is -2.12. The highest BCUT2D eigenvalue weighted by molar-refractivity contribution is 5.76. The van der Waals surface area contributed by atoms with E-state index in [1.54, 1.807) is 36.4 Å². The molecule has 4 N–H and O–H groups in total. The van der Waals surface area contributed by atoms with Crippen molar-refractivity contribution in [2.75, 3.05) is 14.2 Å². The maximum Gasteiger partial charge on any atom is 0.182 e. The monoisotopic (exact) mass is 513 g/mol. The Kier molecular flexibility index (Phi) is 6.38. The molecule has 8 heteroatoms. The van der Waals surface area contributed by atoms with Crippen LogP contribution >= 0.6 is 0 Å². The molecule has 5 rings (SSSR count). The molecular formula is C30H25O8. The third-order valence-corrected chi connectivity index (χ3v) is 6.49. The van der Waals surface area contributed by atoms with Crippen LogP contribution in [-0.4, -0.2) is 34.6 Å². The van der Waals surface area contributed by atoms with Crippen LogP contribution in [-0.2, 0) is 5.11 Å². The van der Waals surface area contributed by atoms with Crippen molar-refractivity contribution < 1.29 is 39.7 Å². The van der Waals surface area contributed by atoms with Crippen molar-refractivity contribution in [3.8, 4) is 46.0 Å². The zero-order valence-electron chi connectivity index (χ0n) is 20.6. The van der Waals surface area contributed by atoms with Crippen molar-refractivity contribution in [2.24, 2.45) is 0 Å². The molecule has 0 aliphatic carbocycles.